The number of hydrogen-bond acceptors (Lipinski definition) is 3. The number of benzene rings is 1. The van der Waals surface area contributed by atoms with E-state index in [1.807, 2.05) is 34.6 Å². The summed E-state index contributed by atoms with van der Waals surface area (Å²) in [4.78, 5) is 22.8. The van der Waals surface area contributed by atoms with E-state index < -0.39 is 0 Å². The summed E-state index contributed by atoms with van der Waals surface area (Å²) in [5.41, 5.74) is 3.05. The van der Waals surface area contributed by atoms with Crippen LogP contribution < -0.4 is 0 Å². The molecule has 0 spiro atoms. The number of amides is 1. The molecule has 5 heteroatoms. The standard InChI is InChI=1S/C20H24N4O/c1-3-5-8-19(25)23(4-2)14-16-9-11-17(12-10-16)20-22-15-21-18-7-6-13-24(18)20/h6-7,9-13,15H,3-5,8,14H2,1-2H3. The van der Waals surface area contributed by atoms with E-state index in [0.717, 1.165) is 42.0 Å². The van der Waals surface area contributed by atoms with Crippen molar-refractivity contribution in [2.75, 3.05) is 6.54 Å². The Morgan fingerprint density at radius 2 is 1.92 bits per heavy atom. The van der Waals surface area contributed by atoms with Gasteiger partial charge in [-0.15, -0.1) is 0 Å². The van der Waals surface area contributed by atoms with Crippen LogP contribution in [0.15, 0.2) is 48.9 Å². The smallest absolute Gasteiger partial charge is 0.222 e. The minimum Gasteiger partial charge on any atom is -0.339 e. The Balaban J connectivity index is 1.76. The summed E-state index contributed by atoms with van der Waals surface area (Å²) >= 11 is 0. The number of fused-ring (bicyclic) bond motifs is 1. The molecular formula is C20H24N4O. The molecule has 0 radical (unpaired) electrons. The first kappa shape index (κ1) is 17.1. The van der Waals surface area contributed by atoms with Crippen molar-refractivity contribution in [3.63, 3.8) is 0 Å². The predicted molar refractivity (Wildman–Crippen MR) is 99.0 cm³/mol. The van der Waals surface area contributed by atoms with Crippen molar-refractivity contribution in [2.24, 2.45) is 0 Å². The van der Waals surface area contributed by atoms with Crippen LogP contribution >= 0.6 is 0 Å². The van der Waals surface area contributed by atoms with E-state index in [1.165, 1.54) is 0 Å². The third-order valence-electron chi connectivity index (χ3n) is 4.39. The summed E-state index contributed by atoms with van der Waals surface area (Å²) in [5, 5.41) is 0. The Hall–Kier alpha value is -2.69. The third-order valence-corrected chi connectivity index (χ3v) is 4.39. The minimum absolute atomic E-state index is 0.235. The van der Waals surface area contributed by atoms with Gasteiger partial charge in [-0.25, -0.2) is 9.97 Å². The molecule has 0 saturated heterocycles. The SMILES string of the molecule is CCCCC(=O)N(CC)Cc1ccc(-c2ncnc3cccn23)cc1. The Morgan fingerprint density at radius 3 is 2.64 bits per heavy atom. The molecule has 5 nitrogen and oxygen atoms in total. The number of carbonyl (C=O) groups is 1. The molecule has 1 aromatic carbocycles. The zero-order valence-corrected chi connectivity index (χ0v) is 14.9. The monoisotopic (exact) mass is 336 g/mol. The van der Waals surface area contributed by atoms with Crippen molar-refractivity contribution >= 4 is 11.6 Å². The van der Waals surface area contributed by atoms with Crippen LogP contribution in [0.4, 0.5) is 0 Å². The number of aromatic nitrogens is 3. The number of hydrogen-bond donors (Lipinski definition) is 0. The first-order valence-electron chi connectivity index (χ1n) is 8.88. The molecular weight excluding hydrogens is 312 g/mol. The second-order valence-corrected chi connectivity index (χ2v) is 6.14. The van der Waals surface area contributed by atoms with Crippen molar-refractivity contribution in [1.29, 1.82) is 0 Å². The van der Waals surface area contributed by atoms with Crippen LogP contribution in [-0.2, 0) is 11.3 Å². The summed E-state index contributed by atoms with van der Waals surface area (Å²) in [6.45, 7) is 5.53. The molecule has 130 valence electrons. The lowest BCUT2D eigenvalue weighted by atomic mass is 10.1. The second-order valence-electron chi connectivity index (χ2n) is 6.14. The summed E-state index contributed by atoms with van der Waals surface area (Å²) in [6.07, 6.45) is 6.18. The van der Waals surface area contributed by atoms with E-state index in [2.05, 4.69) is 41.2 Å². The molecule has 3 rings (SSSR count). The van der Waals surface area contributed by atoms with Crippen LogP contribution in [0.1, 0.15) is 38.7 Å². The van der Waals surface area contributed by atoms with Crippen molar-refractivity contribution in [1.82, 2.24) is 19.3 Å². The molecule has 0 atom stereocenters. The Kier molecular flexibility index (Phi) is 5.43. The molecule has 3 aromatic rings. The van der Waals surface area contributed by atoms with Gasteiger partial charge in [-0.3, -0.25) is 9.20 Å². The first-order valence-corrected chi connectivity index (χ1v) is 8.88. The first-order chi connectivity index (χ1) is 12.2. The normalized spacial score (nSPS) is 11.0. The number of rotatable bonds is 7. The fourth-order valence-electron chi connectivity index (χ4n) is 2.92. The van der Waals surface area contributed by atoms with Gasteiger partial charge in [0.05, 0.1) is 0 Å². The van der Waals surface area contributed by atoms with Gasteiger partial charge < -0.3 is 4.90 Å². The van der Waals surface area contributed by atoms with Gasteiger partial charge in [-0.2, -0.15) is 0 Å². The number of unbranched alkanes of at least 4 members (excludes halogenated alkanes) is 1. The molecule has 0 aliphatic heterocycles. The molecule has 0 fully saturated rings. The fraction of sp³-hybridized carbons (Fsp3) is 0.350. The minimum atomic E-state index is 0.235. The molecule has 0 N–H and O–H groups in total. The van der Waals surface area contributed by atoms with Gasteiger partial charge >= 0.3 is 0 Å². The molecule has 2 heterocycles. The molecule has 2 aromatic heterocycles. The van der Waals surface area contributed by atoms with Crippen molar-refractivity contribution in [2.45, 2.75) is 39.7 Å². The van der Waals surface area contributed by atoms with Gasteiger partial charge in [0.1, 0.15) is 17.8 Å². The maximum absolute atomic E-state index is 12.2. The van der Waals surface area contributed by atoms with Gasteiger partial charge in [0.15, 0.2) is 0 Å². The molecule has 0 unspecified atom stereocenters. The Bertz CT molecular complexity index is 838. The van der Waals surface area contributed by atoms with E-state index >= 15 is 0 Å². The van der Waals surface area contributed by atoms with Crippen molar-refractivity contribution in [3.05, 3.63) is 54.5 Å². The lowest BCUT2D eigenvalue weighted by Crippen LogP contribution is -2.29. The third kappa shape index (κ3) is 3.87. The van der Waals surface area contributed by atoms with E-state index in [9.17, 15) is 4.79 Å². The summed E-state index contributed by atoms with van der Waals surface area (Å²) < 4.78 is 1.97. The van der Waals surface area contributed by atoms with Gasteiger partial charge in [0, 0.05) is 31.3 Å². The van der Waals surface area contributed by atoms with Gasteiger partial charge in [-0.05, 0) is 31.0 Å². The van der Waals surface area contributed by atoms with Gasteiger partial charge in [0.25, 0.3) is 0 Å². The number of nitrogens with zero attached hydrogens (tertiary/aromatic N) is 4. The van der Waals surface area contributed by atoms with Crippen LogP contribution in [0.25, 0.3) is 17.0 Å². The fourth-order valence-corrected chi connectivity index (χ4v) is 2.92. The average Bonchev–Trinajstić information content (AvgIpc) is 3.13. The average molecular weight is 336 g/mol. The van der Waals surface area contributed by atoms with Crippen molar-refractivity contribution < 1.29 is 4.79 Å². The molecule has 1 amide bonds. The van der Waals surface area contributed by atoms with Gasteiger partial charge in [0.2, 0.25) is 5.91 Å². The van der Waals surface area contributed by atoms with Crippen LogP contribution in [-0.4, -0.2) is 31.7 Å². The topological polar surface area (TPSA) is 50.5 Å². The predicted octanol–water partition coefficient (Wildman–Crippen LogP) is 3.94. The maximum Gasteiger partial charge on any atom is 0.222 e. The van der Waals surface area contributed by atoms with E-state index in [4.69, 9.17) is 0 Å². The van der Waals surface area contributed by atoms with E-state index in [1.54, 1.807) is 6.33 Å². The zero-order valence-electron chi connectivity index (χ0n) is 14.9. The van der Waals surface area contributed by atoms with Crippen LogP contribution in [0, 0.1) is 0 Å². The molecule has 0 saturated carbocycles. The summed E-state index contributed by atoms with van der Waals surface area (Å²) in [5.74, 6) is 1.10. The van der Waals surface area contributed by atoms with E-state index in [0.29, 0.717) is 13.0 Å². The highest BCUT2D eigenvalue weighted by Gasteiger charge is 2.12. The summed E-state index contributed by atoms with van der Waals surface area (Å²) in [6, 6.07) is 12.2. The van der Waals surface area contributed by atoms with Crippen LogP contribution in [0.3, 0.4) is 0 Å². The Labute approximate surface area is 148 Å². The molecule has 0 aliphatic rings. The van der Waals surface area contributed by atoms with Crippen LogP contribution in [0.5, 0.6) is 0 Å². The highest BCUT2D eigenvalue weighted by molar-refractivity contribution is 5.76. The van der Waals surface area contributed by atoms with Crippen LogP contribution in [0.2, 0.25) is 0 Å². The van der Waals surface area contributed by atoms with Crippen molar-refractivity contribution in [3.8, 4) is 11.4 Å². The summed E-state index contributed by atoms with van der Waals surface area (Å²) in [7, 11) is 0. The van der Waals surface area contributed by atoms with Gasteiger partial charge in [-0.1, -0.05) is 37.6 Å². The highest BCUT2D eigenvalue weighted by atomic mass is 16.2. The second kappa shape index (κ2) is 7.92. The number of carbonyl (C=O) groups excluding carboxylic acids is 1. The largest absolute Gasteiger partial charge is 0.339 e. The van der Waals surface area contributed by atoms with E-state index in [-0.39, 0.29) is 5.91 Å². The lowest BCUT2D eigenvalue weighted by molar-refractivity contribution is -0.131. The quantitative estimate of drug-likeness (QED) is 0.657. The Morgan fingerprint density at radius 1 is 1.12 bits per heavy atom. The lowest BCUT2D eigenvalue weighted by Gasteiger charge is -2.21. The molecule has 25 heavy (non-hydrogen) atoms. The highest BCUT2D eigenvalue weighted by Crippen LogP contribution is 2.19. The molecule has 0 bridgehead atoms. The molecule has 0 aliphatic carbocycles. The zero-order chi connectivity index (χ0) is 17.6. The maximum atomic E-state index is 12.2.